The Kier molecular flexibility index (Phi) is 7.14. The van der Waals surface area contributed by atoms with Gasteiger partial charge in [-0.3, -0.25) is 4.90 Å². The van der Waals surface area contributed by atoms with E-state index in [2.05, 4.69) is 37.9 Å². The fourth-order valence-electron chi connectivity index (χ4n) is 2.63. The van der Waals surface area contributed by atoms with Crippen molar-refractivity contribution >= 4 is 0 Å². The molecule has 1 aliphatic rings. The number of nitrogens with zero attached hydrogens (tertiary/aromatic N) is 1. The standard InChI is InChI=1S/C15H32N2/c1-13(2)8-9-14(3)16-10-12-17-11-6-5-7-15(17)4/h13-16H,5-12H2,1-4H3. The molecule has 2 nitrogen and oxygen atoms in total. The molecular formula is C15H32N2. The van der Waals surface area contributed by atoms with Crippen LogP contribution >= 0.6 is 0 Å². The van der Waals surface area contributed by atoms with Crippen LogP contribution in [0.3, 0.4) is 0 Å². The molecule has 0 saturated carbocycles. The molecule has 0 bridgehead atoms. The van der Waals surface area contributed by atoms with Gasteiger partial charge in [0.2, 0.25) is 0 Å². The normalized spacial score (nSPS) is 24.2. The molecule has 1 fully saturated rings. The molecule has 0 aliphatic carbocycles. The first-order valence-corrected chi connectivity index (χ1v) is 7.57. The molecule has 1 aliphatic heterocycles. The number of hydrogen-bond donors (Lipinski definition) is 1. The number of nitrogens with one attached hydrogen (secondary N) is 1. The van der Waals surface area contributed by atoms with Crippen molar-refractivity contribution in [2.75, 3.05) is 19.6 Å². The summed E-state index contributed by atoms with van der Waals surface area (Å²) >= 11 is 0. The largest absolute Gasteiger partial charge is 0.313 e. The van der Waals surface area contributed by atoms with Gasteiger partial charge >= 0.3 is 0 Å². The van der Waals surface area contributed by atoms with Crippen molar-refractivity contribution in [1.29, 1.82) is 0 Å². The number of piperidine rings is 1. The van der Waals surface area contributed by atoms with Crippen LogP contribution < -0.4 is 5.32 Å². The van der Waals surface area contributed by atoms with Crippen LogP contribution in [0.15, 0.2) is 0 Å². The van der Waals surface area contributed by atoms with E-state index in [1.807, 2.05) is 0 Å². The summed E-state index contributed by atoms with van der Waals surface area (Å²) in [4.78, 5) is 2.64. The average molecular weight is 240 g/mol. The van der Waals surface area contributed by atoms with Crippen LogP contribution in [-0.4, -0.2) is 36.6 Å². The van der Waals surface area contributed by atoms with Gasteiger partial charge in [0, 0.05) is 25.2 Å². The van der Waals surface area contributed by atoms with E-state index in [0.29, 0.717) is 6.04 Å². The fourth-order valence-corrected chi connectivity index (χ4v) is 2.63. The summed E-state index contributed by atoms with van der Waals surface area (Å²) in [7, 11) is 0. The highest BCUT2D eigenvalue weighted by Gasteiger charge is 2.17. The van der Waals surface area contributed by atoms with Crippen molar-refractivity contribution in [1.82, 2.24) is 10.2 Å². The third kappa shape index (κ3) is 6.42. The Morgan fingerprint density at radius 3 is 2.59 bits per heavy atom. The number of hydrogen-bond acceptors (Lipinski definition) is 2. The van der Waals surface area contributed by atoms with Crippen molar-refractivity contribution in [3.8, 4) is 0 Å². The van der Waals surface area contributed by atoms with Gasteiger partial charge in [0.05, 0.1) is 0 Å². The zero-order chi connectivity index (χ0) is 12.7. The van der Waals surface area contributed by atoms with Crippen molar-refractivity contribution in [2.24, 2.45) is 5.92 Å². The van der Waals surface area contributed by atoms with Crippen molar-refractivity contribution in [2.45, 2.75) is 71.9 Å². The smallest absolute Gasteiger partial charge is 0.0110 e. The molecule has 2 unspecified atom stereocenters. The lowest BCUT2D eigenvalue weighted by Crippen LogP contribution is -2.42. The molecule has 0 aromatic carbocycles. The van der Waals surface area contributed by atoms with Gasteiger partial charge in [0.15, 0.2) is 0 Å². The molecule has 2 heteroatoms. The quantitative estimate of drug-likeness (QED) is 0.735. The third-order valence-electron chi connectivity index (χ3n) is 4.01. The topological polar surface area (TPSA) is 15.3 Å². The van der Waals surface area contributed by atoms with Crippen LogP contribution in [0.25, 0.3) is 0 Å². The maximum atomic E-state index is 3.66. The maximum Gasteiger partial charge on any atom is 0.0110 e. The molecule has 1 rings (SSSR count). The third-order valence-corrected chi connectivity index (χ3v) is 4.01. The Balaban J connectivity index is 2.05. The van der Waals surface area contributed by atoms with Gasteiger partial charge in [-0.2, -0.15) is 0 Å². The van der Waals surface area contributed by atoms with Crippen molar-refractivity contribution in [3.05, 3.63) is 0 Å². The molecule has 0 spiro atoms. The number of rotatable bonds is 7. The lowest BCUT2D eigenvalue weighted by atomic mass is 10.0. The molecule has 0 aromatic heterocycles. The van der Waals surface area contributed by atoms with Gasteiger partial charge in [-0.25, -0.2) is 0 Å². The first-order chi connectivity index (χ1) is 8.09. The second-order valence-corrected chi connectivity index (χ2v) is 6.21. The van der Waals surface area contributed by atoms with Crippen LogP contribution in [0, 0.1) is 5.92 Å². The molecule has 1 N–H and O–H groups in total. The van der Waals surface area contributed by atoms with E-state index < -0.39 is 0 Å². The van der Waals surface area contributed by atoms with E-state index in [1.165, 1.54) is 45.2 Å². The molecule has 17 heavy (non-hydrogen) atoms. The van der Waals surface area contributed by atoms with E-state index in [1.54, 1.807) is 0 Å². The molecule has 1 saturated heterocycles. The van der Waals surface area contributed by atoms with Crippen molar-refractivity contribution < 1.29 is 0 Å². The van der Waals surface area contributed by atoms with E-state index in [-0.39, 0.29) is 0 Å². The van der Waals surface area contributed by atoms with E-state index in [4.69, 9.17) is 0 Å². The Hall–Kier alpha value is -0.0800. The first kappa shape index (κ1) is 15.0. The molecule has 0 amide bonds. The summed E-state index contributed by atoms with van der Waals surface area (Å²) in [6.07, 6.45) is 6.87. The van der Waals surface area contributed by atoms with E-state index in [9.17, 15) is 0 Å². The zero-order valence-corrected chi connectivity index (χ0v) is 12.3. The van der Waals surface area contributed by atoms with Crippen molar-refractivity contribution in [3.63, 3.8) is 0 Å². The predicted molar refractivity (Wildman–Crippen MR) is 76.4 cm³/mol. The molecule has 1 heterocycles. The van der Waals surface area contributed by atoms with Gasteiger partial charge < -0.3 is 5.32 Å². The number of likely N-dealkylation sites (tertiary alicyclic amines) is 1. The minimum absolute atomic E-state index is 0.678. The van der Waals surface area contributed by atoms with E-state index >= 15 is 0 Å². The Labute approximate surface area is 108 Å². The van der Waals surface area contributed by atoms with E-state index in [0.717, 1.165) is 18.5 Å². The second kappa shape index (κ2) is 8.10. The summed E-state index contributed by atoms with van der Waals surface area (Å²) in [5.74, 6) is 0.835. The SMILES string of the molecule is CC(C)CCC(C)NCCN1CCCCC1C. The first-order valence-electron chi connectivity index (χ1n) is 7.57. The summed E-state index contributed by atoms with van der Waals surface area (Å²) < 4.78 is 0. The molecule has 0 radical (unpaired) electrons. The molecular weight excluding hydrogens is 208 g/mol. The second-order valence-electron chi connectivity index (χ2n) is 6.21. The fraction of sp³-hybridized carbons (Fsp3) is 1.00. The van der Waals surface area contributed by atoms with Gasteiger partial charge in [-0.15, -0.1) is 0 Å². The lowest BCUT2D eigenvalue weighted by Gasteiger charge is -2.33. The van der Waals surface area contributed by atoms with Crippen LogP contribution in [0.4, 0.5) is 0 Å². The van der Waals surface area contributed by atoms with Gasteiger partial charge in [-0.1, -0.05) is 20.3 Å². The van der Waals surface area contributed by atoms with Crippen LogP contribution in [0.5, 0.6) is 0 Å². The Morgan fingerprint density at radius 1 is 1.18 bits per heavy atom. The lowest BCUT2D eigenvalue weighted by molar-refractivity contribution is 0.160. The van der Waals surface area contributed by atoms with Gasteiger partial charge in [0.25, 0.3) is 0 Å². The van der Waals surface area contributed by atoms with Crippen LogP contribution in [-0.2, 0) is 0 Å². The summed E-state index contributed by atoms with van der Waals surface area (Å²) in [5, 5.41) is 3.66. The summed E-state index contributed by atoms with van der Waals surface area (Å²) in [6.45, 7) is 13.0. The Bertz CT molecular complexity index is 191. The van der Waals surface area contributed by atoms with Gasteiger partial charge in [0.1, 0.15) is 0 Å². The monoisotopic (exact) mass is 240 g/mol. The highest BCUT2D eigenvalue weighted by atomic mass is 15.2. The summed E-state index contributed by atoms with van der Waals surface area (Å²) in [5.41, 5.74) is 0. The highest BCUT2D eigenvalue weighted by Crippen LogP contribution is 2.15. The van der Waals surface area contributed by atoms with Crippen LogP contribution in [0.2, 0.25) is 0 Å². The molecule has 102 valence electrons. The summed E-state index contributed by atoms with van der Waals surface area (Å²) in [6, 6.07) is 1.48. The highest BCUT2D eigenvalue weighted by molar-refractivity contribution is 4.74. The molecule has 0 aromatic rings. The maximum absolute atomic E-state index is 3.66. The average Bonchev–Trinajstić information content (AvgIpc) is 2.29. The van der Waals surface area contributed by atoms with Gasteiger partial charge in [-0.05, 0) is 52.0 Å². The zero-order valence-electron chi connectivity index (χ0n) is 12.3. The Morgan fingerprint density at radius 2 is 1.94 bits per heavy atom. The minimum atomic E-state index is 0.678. The molecule has 2 atom stereocenters. The van der Waals surface area contributed by atoms with Crippen LogP contribution in [0.1, 0.15) is 59.8 Å². The predicted octanol–water partition coefficient (Wildman–Crippen LogP) is 3.28. The minimum Gasteiger partial charge on any atom is -0.313 e.